The Hall–Kier alpha value is -1.85. The lowest BCUT2D eigenvalue weighted by Crippen LogP contribution is -2.12. The van der Waals surface area contributed by atoms with Gasteiger partial charge >= 0.3 is 6.18 Å². The molecule has 0 spiro atoms. The number of pyridine rings is 2. The van der Waals surface area contributed by atoms with Crippen molar-refractivity contribution in [2.45, 2.75) is 13.1 Å². The fourth-order valence-electron chi connectivity index (χ4n) is 1.42. The quantitative estimate of drug-likeness (QED) is 0.751. The third kappa shape index (κ3) is 1.66. The Bertz CT molecular complexity index is 601. The normalized spacial score (nSPS) is 12.0. The van der Waals surface area contributed by atoms with Gasteiger partial charge in [-0.2, -0.15) is 13.2 Å². The average molecular weight is 228 g/mol. The molecule has 2 aromatic heterocycles. The fourth-order valence-corrected chi connectivity index (χ4v) is 1.42. The molecule has 0 amide bonds. The highest BCUT2D eigenvalue weighted by molar-refractivity contribution is 5.80. The van der Waals surface area contributed by atoms with Gasteiger partial charge in [0.25, 0.3) is 5.56 Å². The summed E-state index contributed by atoms with van der Waals surface area (Å²) in [6.45, 7) is 1.59. The molecule has 0 aliphatic heterocycles. The van der Waals surface area contributed by atoms with Crippen LogP contribution < -0.4 is 5.56 Å². The van der Waals surface area contributed by atoms with E-state index in [1.54, 1.807) is 6.92 Å². The maximum absolute atomic E-state index is 12.4. The van der Waals surface area contributed by atoms with E-state index in [-0.39, 0.29) is 10.9 Å². The van der Waals surface area contributed by atoms with Crippen LogP contribution in [0, 0.1) is 6.92 Å². The lowest BCUT2D eigenvalue weighted by molar-refractivity contribution is -0.140. The van der Waals surface area contributed by atoms with Gasteiger partial charge in [0.1, 0.15) is 5.69 Å². The van der Waals surface area contributed by atoms with Crippen molar-refractivity contribution in [1.82, 2.24) is 9.97 Å². The zero-order valence-electron chi connectivity index (χ0n) is 8.22. The monoisotopic (exact) mass is 228 g/mol. The lowest BCUT2D eigenvalue weighted by atomic mass is 10.2. The molecule has 0 aliphatic rings. The number of halogens is 3. The van der Waals surface area contributed by atoms with E-state index in [4.69, 9.17) is 0 Å². The average Bonchev–Trinajstić information content (AvgIpc) is 2.22. The molecule has 84 valence electrons. The van der Waals surface area contributed by atoms with Crippen LogP contribution in [0.1, 0.15) is 11.3 Å². The molecule has 2 aromatic rings. The molecule has 2 heterocycles. The summed E-state index contributed by atoms with van der Waals surface area (Å²) < 4.78 is 37.2. The number of aryl methyl sites for hydroxylation is 1. The molecule has 0 saturated heterocycles. The molecule has 6 heteroatoms. The summed E-state index contributed by atoms with van der Waals surface area (Å²) in [6, 6.07) is 1.94. The molecule has 16 heavy (non-hydrogen) atoms. The number of H-pyrrole nitrogens is 1. The van der Waals surface area contributed by atoms with Gasteiger partial charge in [0.15, 0.2) is 0 Å². The summed E-state index contributed by atoms with van der Waals surface area (Å²) in [6.07, 6.45) is -3.15. The van der Waals surface area contributed by atoms with Crippen LogP contribution in [-0.4, -0.2) is 9.97 Å². The molecule has 0 unspecified atom stereocenters. The van der Waals surface area contributed by atoms with E-state index in [1.807, 2.05) is 0 Å². The van der Waals surface area contributed by atoms with Crippen molar-refractivity contribution < 1.29 is 13.2 Å². The summed E-state index contributed by atoms with van der Waals surface area (Å²) in [7, 11) is 0. The van der Waals surface area contributed by atoms with Crippen molar-refractivity contribution in [3.63, 3.8) is 0 Å². The minimum atomic E-state index is -4.50. The topological polar surface area (TPSA) is 45.8 Å². The third-order valence-corrected chi connectivity index (χ3v) is 2.22. The van der Waals surface area contributed by atoms with Crippen LogP contribution in [0.4, 0.5) is 13.2 Å². The molecule has 0 atom stereocenters. The highest BCUT2D eigenvalue weighted by Gasteiger charge is 2.32. The van der Waals surface area contributed by atoms with Gasteiger partial charge in [-0.05, 0) is 24.6 Å². The number of nitrogens with zero attached hydrogens (tertiary/aromatic N) is 1. The number of alkyl halides is 3. The molecule has 0 saturated carbocycles. The number of rotatable bonds is 0. The van der Waals surface area contributed by atoms with Gasteiger partial charge in [0.2, 0.25) is 0 Å². The predicted octanol–water partition coefficient (Wildman–Crippen LogP) is 2.25. The lowest BCUT2D eigenvalue weighted by Gasteiger charge is -2.07. The molecule has 0 aromatic carbocycles. The van der Waals surface area contributed by atoms with E-state index in [0.717, 1.165) is 12.1 Å². The molecular weight excluding hydrogens is 221 g/mol. The van der Waals surface area contributed by atoms with E-state index in [2.05, 4.69) is 9.97 Å². The third-order valence-electron chi connectivity index (χ3n) is 2.22. The van der Waals surface area contributed by atoms with Crippen molar-refractivity contribution in [2.75, 3.05) is 0 Å². The van der Waals surface area contributed by atoms with Crippen molar-refractivity contribution in [1.29, 1.82) is 0 Å². The van der Waals surface area contributed by atoms with Crippen LogP contribution in [0.3, 0.4) is 0 Å². The molecule has 2 rings (SSSR count). The summed E-state index contributed by atoms with van der Waals surface area (Å²) in [5.74, 6) is 0. The van der Waals surface area contributed by atoms with E-state index < -0.39 is 17.4 Å². The highest BCUT2D eigenvalue weighted by atomic mass is 19.4. The summed E-state index contributed by atoms with van der Waals surface area (Å²) in [5.41, 5.74) is -0.852. The predicted molar refractivity (Wildman–Crippen MR) is 52.1 cm³/mol. The SMILES string of the molecule is Cc1c[nH]c(=O)c2ccc(C(F)(F)F)nc12. The Morgan fingerprint density at radius 3 is 2.62 bits per heavy atom. The number of fused-ring (bicyclic) bond motifs is 1. The molecule has 0 fully saturated rings. The van der Waals surface area contributed by atoms with Crippen molar-refractivity contribution in [2.24, 2.45) is 0 Å². The van der Waals surface area contributed by atoms with Gasteiger partial charge in [0.05, 0.1) is 10.9 Å². The van der Waals surface area contributed by atoms with Crippen LogP contribution in [0.15, 0.2) is 23.1 Å². The van der Waals surface area contributed by atoms with Gasteiger partial charge < -0.3 is 4.98 Å². The molecule has 0 radical (unpaired) electrons. The fraction of sp³-hybridized carbons (Fsp3) is 0.200. The summed E-state index contributed by atoms with van der Waals surface area (Å²) in [4.78, 5) is 17.2. The van der Waals surface area contributed by atoms with E-state index >= 15 is 0 Å². The summed E-state index contributed by atoms with van der Waals surface area (Å²) >= 11 is 0. The van der Waals surface area contributed by atoms with E-state index in [1.165, 1.54) is 6.20 Å². The minimum Gasteiger partial charge on any atom is -0.328 e. The Kier molecular flexibility index (Phi) is 2.22. The number of nitrogens with one attached hydrogen (secondary N) is 1. The second kappa shape index (κ2) is 3.33. The highest BCUT2D eigenvalue weighted by Crippen LogP contribution is 2.28. The molecule has 3 nitrogen and oxygen atoms in total. The second-order valence-electron chi connectivity index (χ2n) is 3.39. The van der Waals surface area contributed by atoms with Gasteiger partial charge in [-0.15, -0.1) is 0 Å². The maximum atomic E-state index is 12.4. The number of hydrogen-bond donors (Lipinski definition) is 1. The number of aromatic nitrogens is 2. The van der Waals surface area contributed by atoms with E-state index in [0.29, 0.717) is 5.56 Å². The Morgan fingerprint density at radius 1 is 1.31 bits per heavy atom. The number of aromatic amines is 1. The van der Waals surface area contributed by atoms with Gasteiger partial charge in [0, 0.05) is 6.20 Å². The first-order valence-corrected chi connectivity index (χ1v) is 4.46. The molecular formula is C10H7F3N2O. The Morgan fingerprint density at radius 2 is 2.00 bits per heavy atom. The van der Waals surface area contributed by atoms with Gasteiger partial charge in [-0.25, -0.2) is 4.98 Å². The van der Waals surface area contributed by atoms with E-state index in [9.17, 15) is 18.0 Å². The first-order chi connectivity index (χ1) is 7.39. The molecule has 0 aliphatic carbocycles. The van der Waals surface area contributed by atoms with Gasteiger partial charge in [-0.3, -0.25) is 4.79 Å². The van der Waals surface area contributed by atoms with Gasteiger partial charge in [-0.1, -0.05) is 0 Å². The van der Waals surface area contributed by atoms with Crippen LogP contribution in [0.2, 0.25) is 0 Å². The first kappa shape index (κ1) is 10.7. The smallest absolute Gasteiger partial charge is 0.328 e. The maximum Gasteiger partial charge on any atom is 0.433 e. The second-order valence-corrected chi connectivity index (χ2v) is 3.39. The van der Waals surface area contributed by atoms with Crippen molar-refractivity contribution >= 4 is 10.9 Å². The largest absolute Gasteiger partial charge is 0.433 e. The zero-order valence-corrected chi connectivity index (χ0v) is 8.22. The summed E-state index contributed by atoms with van der Waals surface area (Å²) in [5, 5.41) is 0.160. The van der Waals surface area contributed by atoms with Crippen LogP contribution in [0.5, 0.6) is 0 Å². The first-order valence-electron chi connectivity index (χ1n) is 4.46. The minimum absolute atomic E-state index is 0.0820. The Balaban J connectivity index is 2.81. The standard InChI is InChI=1S/C10H7F3N2O/c1-5-4-14-9(16)6-2-3-7(10(11,12)13)15-8(5)6/h2-4H,1H3,(H,14,16). The Labute approximate surface area is 87.9 Å². The molecule has 1 N–H and O–H groups in total. The van der Waals surface area contributed by atoms with Crippen molar-refractivity contribution in [3.8, 4) is 0 Å². The molecule has 0 bridgehead atoms. The number of hydrogen-bond acceptors (Lipinski definition) is 2. The van der Waals surface area contributed by atoms with Crippen molar-refractivity contribution in [3.05, 3.63) is 39.9 Å². The van der Waals surface area contributed by atoms with Crippen LogP contribution in [-0.2, 0) is 6.18 Å². The zero-order chi connectivity index (χ0) is 11.9. The van der Waals surface area contributed by atoms with Crippen LogP contribution in [0.25, 0.3) is 10.9 Å². The van der Waals surface area contributed by atoms with Crippen LogP contribution >= 0.6 is 0 Å².